The van der Waals surface area contributed by atoms with Gasteiger partial charge in [0.25, 0.3) is 0 Å². The summed E-state index contributed by atoms with van der Waals surface area (Å²) in [4.78, 5) is 14.9. The number of nitrogens with zero attached hydrogens (tertiary/aromatic N) is 1. The molecule has 2 heterocycles. The van der Waals surface area contributed by atoms with Gasteiger partial charge in [-0.2, -0.15) is 0 Å². The Morgan fingerprint density at radius 3 is 2.10 bits per heavy atom. The van der Waals surface area contributed by atoms with Gasteiger partial charge in [-0.05, 0) is 50.6 Å². The van der Waals surface area contributed by atoms with E-state index in [2.05, 4.69) is 5.32 Å². The molecule has 21 heavy (non-hydrogen) atoms. The molecule has 3 rings (SSSR count). The molecule has 120 valence electrons. The molecule has 2 unspecified atom stereocenters. The highest BCUT2D eigenvalue weighted by atomic mass is 32.2. The minimum absolute atomic E-state index is 0.124. The third-order valence-corrected chi connectivity index (χ3v) is 7.78. The van der Waals surface area contributed by atoms with Gasteiger partial charge in [0.1, 0.15) is 0 Å². The van der Waals surface area contributed by atoms with Crippen LogP contribution in [0.5, 0.6) is 0 Å². The Kier molecular flexibility index (Phi) is 4.03. The summed E-state index contributed by atoms with van der Waals surface area (Å²) in [5.74, 6) is 1.07. The zero-order valence-electron chi connectivity index (χ0n) is 12.8. The summed E-state index contributed by atoms with van der Waals surface area (Å²) in [6, 6.07) is 0. The molecular weight excluding hydrogens is 288 g/mol. The lowest BCUT2D eigenvalue weighted by atomic mass is 9.82. The summed E-state index contributed by atoms with van der Waals surface area (Å²) in [6.07, 6.45) is 6.96. The predicted octanol–water partition coefficient (Wildman–Crippen LogP) is 0.802. The summed E-state index contributed by atoms with van der Waals surface area (Å²) >= 11 is 0. The Morgan fingerprint density at radius 2 is 1.62 bits per heavy atom. The van der Waals surface area contributed by atoms with Gasteiger partial charge in [-0.1, -0.05) is 12.8 Å². The number of amides is 1. The maximum Gasteiger partial charge on any atom is 0.244 e. The average Bonchev–Trinajstić information content (AvgIpc) is 2.90. The van der Waals surface area contributed by atoms with Crippen LogP contribution in [0.4, 0.5) is 0 Å². The number of nitrogens with one attached hydrogen (secondary N) is 1. The van der Waals surface area contributed by atoms with Gasteiger partial charge in [-0.15, -0.1) is 0 Å². The molecule has 3 aliphatic rings. The molecule has 3 fully saturated rings. The number of piperidine rings is 1. The van der Waals surface area contributed by atoms with Crippen LogP contribution in [0.2, 0.25) is 0 Å². The highest BCUT2D eigenvalue weighted by Gasteiger charge is 2.52. The molecule has 0 aromatic carbocycles. The first kappa shape index (κ1) is 15.3. The lowest BCUT2D eigenvalue weighted by Crippen LogP contribution is -2.58. The van der Waals surface area contributed by atoms with Crippen molar-refractivity contribution in [1.82, 2.24) is 10.2 Å². The SMILES string of the molecule is CS(=O)(=O)C1(C(=O)N2CC3CCCCC3C2)CCNCC1. The Morgan fingerprint density at radius 1 is 1.10 bits per heavy atom. The Bertz CT molecular complexity index is 497. The molecule has 2 aliphatic heterocycles. The van der Waals surface area contributed by atoms with Gasteiger partial charge in [-0.3, -0.25) is 4.79 Å². The van der Waals surface area contributed by atoms with E-state index in [1.54, 1.807) is 0 Å². The van der Waals surface area contributed by atoms with E-state index in [4.69, 9.17) is 0 Å². The Hall–Kier alpha value is -0.620. The molecule has 0 radical (unpaired) electrons. The van der Waals surface area contributed by atoms with Gasteiger partial charge in [0, 0.05) is 19.3 Å². The first-order valence-electron chi connectivity index (χ1n) is 8.14. The maximum atomic E-state index is 13.0. The fourth-order valence-electron chi connectivity index (χ4n) is 4.43. The smallest absolute Gasteiger partial charge is 0.244 e. The van der Waals surface area contributed by atoms with E-state index in [1.165, 1.54) is 31.9 Å². The first-order chi connectivity index (χ1) is 9.94. The molecule has 6 heteroatoms. The van der Waals surface area contributed by atoms with Crippen molar-refractivity contribution >= 4 is 15.7 Å². The van der Waals surface area contributed by atoms with E-state index in [-0.39, 0.29) is 5.91 Å². The van der Waals surface area contributed by atoms with E-state index < -0.39 is 14.6 Å². The number of carbonyl (C=O) groups is 1. The number of sulfone groups is 1. The maximum absolute atomic E-state index is 13.0. The van der Waals surface area contributed by atoms with Crippen LogP contribution in [0.3, 0.4) is 0 Å². The van der Waals surface area contributed by atoms with Crippen LogP contribution in [-0.4, -0.2) is 56.4 Å². The molecule has 0 aromatic heterocycles. The normalized spacial score (nSPS) is 32.7. The summed E-state index contributed by atoms with van der Waals surface area (Å²) in [5, 5.41) is 3.17. The number of rotatable bonds is 2. The van der Waals surface area contributed by atoms with Crippen molar-refractivity contribution in [3.63, 3.8) is 0 Å². The summed E-state index contributed by atoms with van der Waals surface area (Å²) in [5.41, 5.74) is 0. The van der Waals surface area contributed by atoms with Crippen LogP contribution in [0.25, 0.3) is 0 Å². The standard InChI is InChI=1S/C15H26N2O3S/c1-21(19,20)15(6-8-16-9-7-15)14(18)17-10-12-4-2-3-5-13(12)11-17/h12-13,16H,2-11H2,1H3. The summed E-state index contributed by atoms with van der Waals surface area (Å²) in [7, 11) is -3.39. The summed E-state index contributed by atoms with van der Waals surface area (Å²) in [6.45, 7) is 2.77. The minimum Gasteiger partial charge on any atom is -0.341 e. The number of hydrogen-bond donors (Lipinski definition) is 1. The van der Waals surface area contributed by atoms with Gasteiger partial charge in [0.05, 0.1) is 0 Å². The van der Waals surface area contributed by atoms with Gasteiger partial charge in [-0.25, -0.2) is 8.42 Å². The molecule has 1 amide bonds. The molecule has 5 nitrogen and oxygen atoms in total. The molecule has 0 bridgehead atoms. The molecule has 2 saturated heterocycles. The number of fused-ring (bicyclic) bond motifs is 1. The minimum atomic E-state index is -3.39. The van der Waals surface area contributed by atoms with E-state index in [1.807, 2.05) is 4.90 Å². The van der Waals surface area contributed by atoms with E-state index in [9.17, 15) is 13.2 Å². The average molecular weight is 314 g/mol. The Labute approximate surface area is 127 Å². The number of carbonyl (C=O) groups excluding carboxylic acids is 1. The predicted molar refractivity (Wildman–Crippen MR) is 81.7 cm³/mol. The van der Waals surface area contributed by atoms with Crippen molar-refractivity contribution in [2.24, 2.45) is 11.8 Å². The largest absolute Gasteiger partial charge is 0.341 e. The zero-order valence-corrected chi connectivity index (χ0v) is 13.6. The fourth-order valence-corrected chi connectivity index (χ4v) is 5.83. The van der Waals surface area contributed by atoms with Crippen LogP contribution in [0.1, 0.15) is 38.5 Å². The van der Waals surface area contributed by atoms with Crippen molar-refractivity contribution in [3.05, 3.63) is 0 Å². The number of hydrogen-bond acceptors (Lipinski definition) is 4. The molecule has 1 N–H and O–H groups in total. The van der Waals surface area contributed by atoms with Gasteiger partial charge >= 0.3 is 0 Å². The van der Waals surface area contributed by atoms with Gasteiger partial charge < -0.3 is 10.2 Å². The van der Waals surface area contributed by atoms with Gasteiger partial charge in [0.15, 0.2) is 14.6 Å². The van der Waals surface area contributed by atoms with Crippen LogP contribution >= 0.6 is 0 Å². The van der Waals surface area contributed by atoms with Crippen LogP contribution < -0.4 is 5.32 Å². The molecule has 1 aliphatic carbocycles. The third kappa shape index (κ3) is 2.61. The molecular formula is C15H26N2O3S. The van der Waals surface area contributed by atoms with Crippen LogP contribution in [0, 0.1) is 11.8 Å². The third-order valence-electron chi connectivity index (χ3n) is 5.77. The lowest BCUT2D eigenvalue weighted by molar-refractivity contribution is -0.134. The highest BCUT2D eigenvalue weighted by molar-refractivity contribution is 7.92. The summed E-state index contributed by atoms with van der Waals surface area (Å²) < 4.78 is 23.5. The fraction of sp³-hybridized carbons (Fsp3) is 0.933. The van der Waals surface area contributed by atoms with Crippen molar-refractivity contribution in [3.8, 4) is 0 Å². The Balaban J connectivity index is 1.82. The van der Waals surface area contributed by atoms with Crippen LogP contribution in [-0.2, 0) is 14.6 Å². The topological polar surface area (TPSA) is 66.5 Å². The van der Waals surface area contributed by atoms with Crippen LogP contribution in [0.15, 0.2) is 0 Å². The molecule has 1 saturated carbocycles. The second-order valence-corrected chi connectivity index (χ2v) is 9.36. The first-order valence-corrected chi connectivity index (χ1v) is 10.0. The van der Waals surface area contributed by atoms with Crippen molar-refractivity contribution < 1.29 is 13.2 Å². The second kappa shape index (κ2) is 5.54. The van der Waals surface area contributed by atoms with Gasteiger partial charge in [0.2, 0.25) is 5.91 Å². The lowest BCUT2D eigenvalue weighted by Gasteiger charge is -2.37. The monoisotopic (exact) mass is 314 g/mol. The van der Waals surface area contributed by atoms with E-state index in [0.29, 0.717) is 37.8 Å². The van der Waals surface area contributed by atoms with E-state index in [0.717, 1.165) is 13.1 Å². The van der Waals surface area contributed by atoms with Crippen molar-refractivity contribution in [1.29, 1.82) is 0 Å². The van der Waals surface area contributed by atoms with E-state index >= 15 is 0 Å². The molecule has 0 spiro atoms. The quantitative estimate of drug-likeness (QED) is 0.819. The second-order valence-electron chi connectivity index (χ2n) is 7.03. The van der Waals surface area contributed by atoms with Crippen molar-refractivity contribution in [2.75, 3.05) is 32.4 Å². The molecule has 2 atom stereocenters. The zero-order chi connectivity index (χ0) is 15.1. The number of likely N-dealkylation sites (tertiary alicyclic amines) is 1. The highest BCUT2D eigenvalue weighted by Crippen LogP contribution is 2.39. The molecule has 0 aromatic rings. The van der Waals surface area contributed by atoms with Crippen molar-refractivity contribution in [2.45, 2.75) is 43.3 Å².